The molecule has 4 nitrogen and oxygen atoms in total. The molecule has 3 aromatic rings. The predicted molar refractivity (Wildman–Crippen MR) is 127 cm³/mol. The van der Waals surface area contributed by atoms with Crippen LogP contribution >= 0.6 is 0 Å². The van der Waals surface area contributed by atoms with E-state index in [-0.39, 0.29) is 29.8 Å². The van der Waals surface area contributed by atoms with Gasteiger partial charge in [-0.25, -0.2) is 4.79 Å². The van der Waals surface area contributed by atoms with Gasteiger partial charge < -0.3 is 14.2 Å². The molecule has 0 spiro atoms. The maximum absolute atomic E-state index is 12.7. The van der Waals surface area contributed by atoms with Crippen molar-refractivity contribution in [1.29, 1.82) is 0 Å². The summed E-state index contributed by atoms with van der Waals surface area (Å²) in [4.78, 5) is 12.7. The Hall–Kier alpha value is -3.37. The van der Waals surface area contributed by atoms with Crippen LogP contribution in [0, 0.1) is 5.92 Å². The monoisotopic (exact) mass is 440 g/mol. The second kappa shape index (κ2) is 8.87. The lowest BCUT2D eigenvalue weighted by Crippen LogP contribution is -2.39. The standard InChI is InChI=1S/C29H28O4/c1-31-25-19-29(32-2,23-18-24(23)33-28(30)22-16-10-5-11-17-22)27(21-14-8-4-9-15-21)26(25)20-12-6-3-7-13-20/h3-17,19,23-24,26-27H,18H2,1-2H3/t23-,24-,26-,27+,29?/m1/s1. The molecule has 0 aromatic heterocycles. The smallest absolute Gasteiger partial charge is 0.338 e. The van der Waals surface area contributed by atoms with Crippen LogP contribution in [0.2, 0.25) is 0 Å². The molecule has 5 rings (SSSR count). The van der Waals surface area contributed by atoms with Gasteiger partial charge in [0, 0.05) is 18.9 Å². The Kier molecular flexibility index (Phi) is 5.77. The van der Waals surface area contributed by atoms with E-state index in [1.165, 1.54) is 11.1 Å². The molecule has 0 N–H and O–H groups in total. The van der Waals surface area contributed by atoms with Gasteiger partial charge in [-0.2, -0.15) is 0 Å². The number of hydrogen-bond acceptors (Lipinski definition) is 4. The summed E-state index contributed by atoms with van der Waals surface area (Å²) >= 11 is 0. The van der Waals surface area contributed by atoms with E-state index in [1.54, 1.807) is 26.4 Å². The highest BCUT2D eigenvalue weighted by Crippen LogP contribution is 2.61. The fourth-order valence-corrected chi connectivity index (χ4v) is 5.37. The third-order valence-corrected chi connectivity index (χ3v) is 6.98. The summed E-state index contributed by atoms with van der Waals surface area (Å²) in [7, 11) is 3.47. The number of hydrogen-bond donors (Lipinski definition) is 0. The third-order valence-electron chi connectivity index (χ3n) is 6.98. The molecule has 3 aromatic carbocycles. The van der Waals surface area contributed by atoms with Gasteiger partial charge in [-0.05, 0) is 35.8 Å². The average molecular weight is 441 g/mol. The molecule has 4 heteroatoms. The minimum absolute atomic E-state index is 0.00428. The minimum atomic E-state index is -0.644. The maximum atomic E-state index is 12.7. The van der Waals surface area contributed by atoms with Crippen LogP contribution in [0.3, 0.4) is 0 Å². The van der Waals surface area contributed by atoms with Crippen molar-refractivity contribution in [2.75, 3.05) is 14.2 Å². The van der Waals surface area contributed by atoms with Crippen LogP contribution in [0.15, 0.2) is 103 Å². The summed E-state index contributed by atoms with van der Waals surface area (Å²) in [5, 5.41) is 0. The molecule has 5 atom stereocenters. The summed E-state index contributed by atoms with van der Waals surface area (Å²) in [6.07, 6.45) is 2.68. The molecule has 0 heterocycles. The van der Waals surface area contributed by atoms with Gasteiger partial charge in [0.15, 0.2) is 0 Å². The van der Waals surface area contributed by atoms with Crippen LogP contribution in [0.4, 0.5) is 0 Å². The van der Waals surface area contributed by atoms with Crippen molar-refractivity contribution in [3.05, 3.63) is 120 Å². The molecule has 1 unspecified atom stereocenters. The Morgan fingerprint density at radius 1 is 0.818 bits per heavy atom. The van der Waals surface area contributed by atoms with Gasteiger partial charge in [-0.1, -0.05) is 78.9 Å². The highest BCUT2D eigenvalue weighted by atomic mass is 16.6. The zero-order valence-corrected chi connectivity index (χ0v) is 18.9. The Bertz CT molecular complexity index is 1130. The molecular formula is C29H28O4. The van der Waals surface area contributed by atoms with Crippen molar-refractivity contribution in [3.63, 3.8) is 0 Å². The van der Waals surface area contributed by atoms with Crippen LogP contribution < -0.4 is 0 Å². The molecule has 168 valence electrons. The fraction of sp³-hybridized carbons (Fsp3) is 0.276. The SMILES string of the molecule is COC1=CC(OC)([C@@H]2C[C@H]2OC(=O)c2ccccc2)[C@@H](c2ccccc2)[C@@H]1c1ccccc1. The molecular weight excluding hydrogens is 412 g/mol. The highest BCUT2D eigenvalue weighted by molar-refractivity contribution is 5.89. The average Bonchev–Trinajstić information content (AvgIpc) is 3.57. The predicted octanol–water partition coefficient (Wildman–Crippen LogP) is 5.73. The van der Waals surface area contributed by atoms with Crippen molar-refractivity contribution in [3.8, 4) is 0 Å². The third kappa shape index (κ3) is 3.85. The van der Waals surface area contributed by atoms with Crippen LogP contribution in [0.5, 0.6) is 0 Å². The largest absolute Gasteiger partial charge is 0.501 e. The summed E-state index contributed by atoms with van der Waals surface area (Å²) in [5.41, 5.74) is 2.28. The maximum Gasteiger partial charge on any atom is 0.338 e. The number of allylic oxidation sites excluding steroid dienone is 1. The number of benzene rings is 3. The molecule has 0 radical (unpaired) electrons. The van der Waals surface area contributed by atoms with Crippen LogP contribution in [0.1, 0.15) is 39.7 Å². The first-order chi connectivity index (χ1) is 16.2. The van der Waals surface area contributed by atoms with Gasteiger partial charge in [0.1, 0.15) is 17.5 Å². The number of rotatable bonds is 7. The summed E-state index contributed by atoms with van der Waals surface area (Å²) in [5.74, 6) is 0.631. The van der Waals surface area contributed by atoms with E-state index in [0.29, 0.717) is 5.56 Å². The number of methoxy groups -OCH3 is 2. The molecule has 0 aliphatic heterocycles. The molecule has 0 saturated heterocycles. The van der Waals surface area contributed by atoms with E-state index in [9.17, 15) is 4.79 Å². The van der Waals surface area contributed by atoms with Gasteiger partial charge in [-0.3, -0.25) is 0 Å². The summed E-state index contributed by atoms with van der Waals surface area (Å²) in [6, 6.07) is 30.0. The molecule has 0 bridgehead atoms. The molecule has 1 fully saturated rings. The lowest BCUT2D eigenvalue weighted by atomic mass is 9.74. The summed E-state index contributed by atoms with van der Waals surface area (Å²) in [6.45, 7) is 0. The molecule has 1 saturated carbocycles. The zero-order chi connectivity index (χ0) is 22.8. The van der Waals surface area contributed by atoms with E-state index >= 15 is 0 Å². The van der Waals surface area contributed by atoms with Crippen molar-refractivity contribution in [2.45, 2.75) is 30.0 Å². The Morgan fingerprint density at radius 2 is 1.39 bits per heavy atom. The second-order valence-corrected chi connectivity index (χ2v) is 8.74. The molecule has 2 aliphatic rings. The number of carbonyl (C=O) groups is 1. The first-order valence-electron chi connectivity index (χ1n) is 11.4. The lowest BCUT2D eigenvalue weighted by molar-refractivity contribution is -0.0216. The van der Waals surface area contributed by atoms with Crippen LogP contribution in [0.25, 0.3) is 0 Å². The van der Waals surface area contributed by atoms with E-state index in [1.807, 2.05) is 30.3 Å². The second-order valence-electron chi connectivity index (χ2n) is 8.74. The van der Waals surface area contributed by atoms with Crippen molar-refractivity contribution in [2.24, 2.45) is 5.92 Å². The van der Waals surface area contributed by atoms with E-state index in [0.717, 1.165) is 12.2 Å². The first-order valence-corrected chi connectivity index (χ1v) is 11.4. The van der Waals surface area contributed by atoms with Gasteiger partial charge in [0.2, 0.25) is 0 Å². The Balaban J connectivity index is 1.51. The lowest BCUT2D eigenvalue weighted by Gasteiger charge is -2.37. The molecule has 33 heavy (non-hydrogen) atoms. The van der Waals surface area contributed by atoms with E-state index in [4.69, 9.17) is 14.2 Å². The number of esters is 1. The van der Waals surface area contributed by atoms with Gasteiger partial charge >= 0.3 is 5.97 Å². The van der Waals surface area contributed by atoms with Crippen molar-refractivity contribution in [1.82, 2.24) is 0 Å². The number of carbonyl (C=O) groups excluding carboxylic acids is 1. The Labute approximate surface area is 194 Å². The normalized spacial score (nSPS) is 28.1. The van der Waals surface area contributed by atoms with Crippen LogP contribution in [-0.2, 0) is 14.2 Å². The first kappa shape index (κ1) is 21.5. The van der Waals surface area contributed by atoms with Crippen LogP contribution in [-0.4, -0.2) is 31.9 Å². The number of ether oxygens (including phenoxy) is 3. The van der Waals surface area contributed by atoms with Gasteiger partial charge in [0.25, 0.3) is 0 Å². The molecule has 0 amide bonds. The van der Waals surface area contributed by atoms with E-state index in [2.05, 4.69) is 54.6 Å². The van der Waals surface area contributed by atoms with Crippen molar-refractivity contribution < 1.29 is 19.0 Å². The topological polar surface area (TPSA) is 44.8 Å². The Morgan fingerprint density at radius 3 is 1.97 bits per heavy atom. The quantitative estimate of drug-likeness (QED) is 0.440. The zero-order valence-electron chi connectivity index (χ0n) is 18.9. The van der Waals surface area contributed by atoms with Gasteiger partial charge in [0.05, 0.1) is 18.6 Å². The minimum Gasteiger partial charge on any atom is -0.501 e. The summed E-state index contributed by atoms with van der Waals surface area (Å²) < 4.78 is 18.2. The highest BCUT2D eigenvalue weighted by Gasteiger charge is 2.63. The molecule has 2 aliphatic carbocycles. The van der Waals surface area contributed by atoms with Crippen molar-refractivity contribution >= 4 is 5.97 Å². The van der Waals surface area contributed by atoms with Gasteiger partial charge in [-0.15, -0.1) is 0 Å². The fourth-order valence-electron chi connectivity index (χ4n) is 5.37. The van der Waals surface area contributed by atoms with E-state index < -0.39 is 5.60 Å².